The van der Waals surface area contributed by atoms with Crippen LogP contribution in [0.15, 0.2) is 36.4 Å². The quantitative estimate of drug-likeness (QED) is 0.327. The molecule has 4 amide bonds. The molecule has 42 heavy (non-hydrogen) atoms. The fraction of sp³-hybridized carbons (Fsp3) is 0.414. The predicted octanol–water partition coefficient (Wildman–Crippen LogP) is 3.18. The zero-order chi connectivity index (χ0) is 29.8. The number of urea groups is 1. The molecule has 1 atom stereocenters. The van der Waals surface area contributed by atoms with Crippen LogP contribution < -0.4 is 26.6 Å². The van der Waals surface area contributed by atoms with E-state index in [0.717, 1.165) is 43.0 Å². The first kappa shape index (κ1) is 29.3. The molecule has 4 heterocycles. The van der Waals surface area contributed by atoms with Crippen LogP contribution in [0, 0.1) is 13.8 Å². The van der Waals surface area contributed by atoms with Gasteiger partial charge in [0, 0.05) is 61.4 Å². The number of hydrogen-bond acceptors (Lipinski definition) is 9. The second-order valence-corrected chi connectivity index (χ2v) is 12.0. The zero-order valence-electron chi connectivity index (χ0n) is 24.1. The van der Waals surface area contributed by atoms with Crippen molar-refractivity contribution in [3.63, 3.8) is 0 Å². The lowest BCUT2D eigenvalue weighted by Crippen LogP contribution is -2.49. The Bertz CT molecular complexity index is 1430. The van der Waals surface area contributed by atoms with Gasteiger partial charge < -0.3 is 31.1 Å². The van der Waals surface area contributed by atoms with E-state index in [1.165, 1.54) is 11.3 Å². The Labute approximate surface area is 249 Å². The van der Waals surface area contributed by atoms with Gasteiger partial charge in [0.25, 0.3) is 11.8 Å². The number of piperazine rings is 1. The Morgan fingerprint density at radius 3 is 2.38 bits per heavy atom. The van der Waals surface area contributed by atoms with Crippen molar-refractivity contribution in [2.75, 3.05) is 61.8 Å². The third-order valence-corrected chi connectivity index (χ3v) is 8.65. The van der Waals surface area contributed by atoms with Gasteiger partial charge in [-0.05, 0) is 70.1 Å². The summed E-state index contributed by atoms with van der Waals surface area (Å²) < 4.78 is 0. The molecule has 2 saturated heterocycles. The van der Waals surface area contributed by atoms with Gasteiger partial charge in [-0.2, -0.15) is 0 Å². The monoisotopic (exact) mass is 591 g/mol. The van der Waals surface area contributed by atoms with Crippen LogP contribution in [-0.4, -0.2) is 90.0 Å². The first-order valence-corrected chi connectivity index (χ1v) is 14.9. The number of hydrogen-bond donors (Lipinski definition) is 4. The van der Waals surface area contributed by atoms with Gasteiger partial charge in [-0.1, -0.05) is 0 Å². The van der Waals surface area contributed by atoms with Crippen LogP contribution in [0.3, 0.4) is 0 Å². The van der Waals surface area contributed by atoms with Crippen molar-refractivity contribution >= 4 is 51.6 Å². The summed E-state index contributed by atoms with van der Waals surface area (Å²) in [4.78, 5) is 54.1. The van der Waals surface area contributed by atoms with E-state index >= 15 is 0 Å². The Morgan fingerprint density at radius 2 is 1.71 bits per heavy atom. The minimum absolute atomic E-state index is 0.00594. The number of anilines is 4. The SMILES string of the molecule is Cc1nc(NC(=O)N[C@@H]2CCCN(c3ccc(C(N)=O)c(Nc4ccc(C(=O)N5CCN(C)CC5)cc4)n3)C2)sc1C. The van der Waals surface area contributed by atoms with Crippen LogP contribution in [-0.2, 0) is 0 Å². The normalized spacial score (nSPS) is 17.5. The van der Waals surface area contributed by atoms with Crippen molar-refractivity contribution in [1.82, 2.24) is 25.1 Å². The number of rotatable bonds is 7. The number of carbonyl (C=O) groups excluding carboxylic acids is 3. The molecular weight excluding hydrogens is 554 g/mol. The van der Waals surface area contributed by atoms with E-state index in [-0.39, 0.29) is 23.5 Å². The summed E-state index contributed by atoms with van der Waals surface area (Å²) in [6, 6.07) is 10.2. The Balaban J connectivity index is 1.25. The lowest BCUT2D eigenvalue weighted by molar-refractivity contribution is 0.0664. The van der Waals surface area contributed by atoms with Crippen molar-refractivity contribution in [2.24, 2.45) is 5.73 Å². The van der Waals surface area contributed by atoms with Crippen molar-refractivity contribution in [3.05, 3.63) is 58.1 Å². The van der Waals surface area contributed by atoms with Crippen LogP contribution in [0.25, 0.3) is 0 Å². The molecule has 222 valence electrons. The van der Waals surface area contributed by atoms with E-state index < -0.39 is 5.91 Å². The number of amides is 4. The summed E-state index contributed by atoms with van der Waals surface area (Å²) in [6.45, 7) is 8.34. The number of likely N-dealkylation sites (N-methyl/N-ethyl adjacent to an activating group) is 1. The molecule has 2 aliphatic rings. The molecule has 2 aromatic heterocycles. The number of nitrogens with two attached hydrogens (primary N) is 1. The molecule has 2 aliphatic heterocycles. The maximum absolute atomic E-state index is 12.9. The summed E-state index contributed by atoms with van der Waals surface area (Å²) in [6.07, 6.45) is 1.70. The topological polar surface area (TPSA) is 149 Å². The van der Waals surface area contributed by atoms with E-state index in [0.29, 0.717) is 47.7 Å². The van der Waals surface area contributed by atoms with E-state index in [2.05, 4.69) is 37.8 Å². The second kappa shape index (κ2) is 12.7. The van der Waals surface area contributed by atoms with Crippen LogP contribution in [0.4, 0.5) is 27.2 Å². The Hall–Kier alpha value is -4.23. The molecule has 1 aromatic carbocycles. The van der Waals surface area contributed by atoms with Gasteiger partial charge in [-0.15, -0.1) is 11.3 Å². The van der Waals surface area contributed by atoms with Crippen molar-refractivity contribution in [2.45, 2.75) is 32.7 Å². The molecule has 0 spiro atoms. The average molecular weight is 592 g/mol. The first-order chi connectivity index (χ1) is 20.2. The van der Waals surface area contributed by atoms with Crippen LogP contribution in [0.5, 0.6) is 0 Å². The molecule has 0 radical (unpaired) electrons. The fourth-order valence-corrected chi connectivity index (χ4v) is 5.90. The standard InChI is InChI=1S/C29H37N9O3S/c1-18-19(2)42-29(31-18)35-28(41)33-22-5-4-12-38(17-22)24-11-10-23(25(30)39)26(34-24)32-21-8-6-20(7-9-21)27(40)37-15-13-36(3)14-16-37/h6-11,22H,4-5,12-17H2,1-3H3,(H2,30,39)(H,32,34)(H2,31,33,35,41)/t22-/m1/s1. The number of benzene rings is 1. The van der Waals surface area contributed by atoms with Crippen molar-refractivity contribution < 1.29 is 14.4 Å². The number of aryl methyl sites for hydroxylation is 2. The fourth-order valence-electron chi connectivity index (χ4n) is 5.09. The molecule has 5 N–H and O–H groups in total. The highest BCUT2D eigenvalue weighted by Crippen LogP contribution is 2.26. The average Bonchev–Trinajstić information content (AvgIpc) is 3.29. The zero-order valence-corrected chi connectivity index (χ0v) is 25.0. The summed E-state index contributed by atoms with van der Waals surface area (Å²) in [7, 11) is 2.05. The lowest BCUT2D eigenvalue weighted by Gasteiger charge is -2.34. The Kier molecular flexibility index (Phi) is 8.88. The number of carbonyl (C=O) groups is 3. The number of pyridine rings is 1. The van der Waals surface area contributed by atoms with Crippen molar-refractivity contribution in [3.8, 4) is 0 Å². The molecular formula is C29H37N9O3S. The predicted molar refractivity (Wildman–Crippen MR) is 165 cm³/mol. The third kappa shape index (κ3) is 6.97. The van der Waals surface area contributed by atoms with E-state index in [1.807, 2.05) is 18.7 Å². The highest BCUT2D eigenvalue weighted by molar-refractivity contribution is 7.15. The highest BCUT2D eigenvalue weighted by atomic mass is 32.1. The van der Waals surface area contributed by atoms with Crippen LogP contribution >= 0.6 is 11.3 Å². The third-order valence-electron chi connectivity index (χ3n) is 7.66. The number of thiazole rings is 1. The van der Waals surface area contributed by atoms with Gasteiger partial charge in [-0.25, -0.2) is 14.8 Å². The molecule has 3 aromatic rings. The molecule has 0 aliphatic carbocycles. The van der Waals surface area contributed by atoms with Gasteiger partial charge in [0.1, 0.15) is 11.6 Å². The minimum Gasteiger partial charge on any atom is -0.365 e. The number of piperidine rings is 1. The summed E-state index contributed by atoms with van der Waals surface area (Å²) in [5.41, 5.74) is 8.12. The van der Waals surface area contributed by atoms with Crippen LogP contribution in [0.1, 0.15) is 44.1 Å². The molecule has 0 saturated carbocycles. The van der Waals surface area contributed by atoms with E-state index in [9.17, 15) is 14.4 Å². The maximum Gasteiger partial charge on any atom is 0.321 e. The number of nitrogens with one attached hydrogen (secondary N) is 3. The van der Waals surface area contributed by atoms with E-state index in [4.69, 9.17) is 10.7 Å². The van der Waals surface area contributed by atoms with Gasteiger partial charge in [-0.3, -0.25) is 14.9 Å². The molecule has 13 heteroatoms. The Morgan fingerprint density at radius 1 is 0.976 bits per heavy atom. The number of nitrogens with zero attached hydrogens (tertiary/aromatic N) is 5. The van der Waals surface area contributed by atoms with Gasteiger partial charge in [0.2, 0.25) is 0 Å². The van der Waals surface area contributed by atoms with Gasteiger partial charge in [0.15, 0.2) is 5.13 Å². The molecule has 0 unspecified atom stereocenters. The number of aromatic nitrogens is 2. The summed E-state index contributed by atoms with van der Waals surface area (Å²) in [5, 5.41) is 9.65. The molecule has 0 bridgehead atoms. The lowest BCUT2D eigenvalue weighted by atomic mass is 10.1. The smallest absolute Gasteiger partial charge is 0.321 e. The largest absolute Gasteiger partial charge is 0.365 e. The summed E-state index contributed by atoms with van der Waals surface area (Å²) >= 11 is 1.45. The maximum atomic E-state index is 12.9. The minimum atomic E-state index is -0.596. The second-order valence-electron chi connectivity index (χ2n) is 10.8. The molecule has 2 fully saturated rings. The van der Waals surface area contributed by atoms with Crippen LogP contribution in [0.2, 0.25) is 0 Å². The number of primary amides is 1. The van der Waals surface area contributed by atoms with Crippen molar-refractivity contribution in [1.29, 1.82) is 0 Å². The molecule has 5 rings (SSSR count). The van der Waals surface area contributed by atoms with Gasteiger partial charge in [0.05, 0.1) is 11.3 Å². The first-order valence-electron chi connectivity index (χ1n) is 14.1. The summed E-state index contributed by atoms with van der Waals surface area (Å²) in [5.74, 6) is 0.412. The van der Waals surface area contributed by atoms with E-state index in [1.54, 1.807) is 36.4 Å². The van der Waals surface area contributed by atoms with Gasteiger partial charge >= 0.3 is 6.03 Å². The highest BCUT2D eigenvalue weighted by Gasteiger charge is 2.24. The molecule has 12 nitrogen and oxygen atoms in total.